The standard InChI is InChI=1S/C24H24O6.C15H32/c1-4-28-22(25)24(23(26)29-5-2)14-19-20(21(24)15-9-7-6-8-10-15)17-13-16(27-3)11-12-18(17)30-19;1-3-5-7-9-11-13-15-14-12-10-8-6-4-2/h6-13,21H,4-5,14H2,1-3H3;3-15H2,1-2H3. The summed E-state index contributed by atoms with van der Waals surface area (Å²) < 4.78 is 22.3. The van der Waals surface area contributed by atoms with Crippen LogP contribution in [0.2, 0.25) is 0 Å². The second-order valence-corrected chi connectivity index (χ2v) is 12.1. The molecule has 1 aliphatic rings. The summed E-state index contributed by atoms with van der Waals surface area (Å²) in [6.07, 6.45) is 19.0. The summed E-state index contributed by atoms with van der Waals surface area (Å²) in [5.41, 5.74) is 0.765. The highest BCUT2D eigenvalue weighted by atomic mass is 16.6. The molecule has 0 N–H and O–H groups in total. The number of unbranched alkanes of at least 4 members (excludes halogenated alkanes) is 12. The number of hydrogen-bond acceptors (Lipinski definition) is 6. The van der Waals surface area contributed by atoms with Gasteiger partial charge < -0.3 is 18.6 Å². The topological polar surface area (TPSA) is 75.0 Å². The van der Waals surface area contributed by atoms with Crippen LogP contribution in [0.25, 0.3) is 11.0 Å². The van der Waals surface area contributed by atoms with E-state index in [1.807, 2.05) is 48.5 Å². The number of methoxy groups -OCH3 is 1. The molecule has 3 aromatic rings. The highest BCUT2D eigenvalue weighted by Crippen LogP contribution is 2.55. The van der Waals surface area contributed by atoms with Crippen LogP contribution in [0.1, 0.15) is 134 Å². The van der Waals surface area contributed by atoms with E-state index in [9.17, 15) is 9.59 Å². The van der Waals surface area contributed by atoms with E-state index < -0.39 is 23.3 Å². The van der Waals surface area contributed by atoms with E-state index in [0.717, 1.165) is 16.5 Å². The largest absolute Gasteiger partial charge is 0.497 e. The summed E-state index contributed by atoms with van der Waals surface area (Å²) in [6, 6.07) is 15.0. The average molecular weight is 621 g/mol. The maximum atomic E-state index is 13.3. The summed E-state index contributed by atoms with van der Waals surface area (Å²) in [5.74, 6) is -0.532. The summed E-state index contributed by atoms with van der Waals surface area (Å²) in [7, 11) is 1.59. The van der Waals surface area contributed by atoms with Crippen LogP contribution >= 0.6 is 0 Å². The predicted molar refractivity (Wildman–Crippen MR) is 182 cm³/mol. The van der Waals surface area contributed by atoms with Crippen LogP contribution in [0, 0.1) is 5.41 Å². The van der Waals surface area contributed by atoms with Gasteiger partial charge in [0.1, 0.15) is 17.1 Å². The summed E-state index contributed by atoms with van der Waals surface area (Å²) in [6.45, 7) is 8.35. The molecule has 2 aromatic carbocycles. The van der Waals surface area contributed by atoms with Crippen molar-refractivity contribution in [2.75, 3.05) is 20.3 Å². The molecule has 0 radical (unpaired) electrons. The van der Waals surface area contributed by atoms with Crippen molar-refractivity contribution in [3.8, 4) is 5.75 Å². The number of fused-ring (bicyclic) bond motifs is 3. The Balaban J connectivity index is 0.000000313. The fourth-order valence-electron chi connectivity index (χ4n) is 6.49. The van der Waals surface area contributed by atoms with Crippen molar-refractivity contribution in [1.29, 1.82) is 0 Å². The van der Waals surface area contributed by atoms with Crippen LogP contribution in [0.4, 0.5) is 0 Å². The van der Waals surface area contributed by atoms with Crippen molar-refractivity contribution in [3.05, 3.63) is 65.4 Å². The molecule has 0 spiro atoms. The highest BCUT2D eigenvalue weighted by molar-refractivity contribution is 6.05. The Bertz CT molecular complexity index is 1260. The zero-order valence-electron chi connectivity index (χ0n) is 28.5. The lowest BCUT2D eigenvalue weighted by Gasteiger charge is -2.31. The molecule has 0 saturated heterocycles. The van der Waals surface area contributed by atoms with Crippen LogP contribution in [-0.2, 0) is 25.5 Å². The van der Waals surface area contributed by atoms with E-state index in [4.69, 9.17) is 18.6 Å². The minimum Gasteiger partial charge on any atom is -0.497 e. The zero-order chi connectivity index (χ0) is 32.5. The summed E-state index contributed by atoms with van der Waals surface area (Å²) in [5, 5.41) is 0.814. The number of esters is 2. The first-order valence-corrected chi connectivity index (χ1v) is 17.5. The van der Waals surface area contributed by atoms with Crippen molar-refractivity contribution in [2.24, 2.45) is 5.41 Å². The van der Waals surface area contributed by atoms with Gasteiger partial charge in [-0.25, -0.2) is 0 Å². The van der Waals surface area contributed by atoms with Crippen LogP contribution in [0.5, 0.6) is 5.75 Å². The predicted octanol–water partition coefficient (Wildman–Crippen LogP) is 10.3. The van der Waals surface area contributed by atoms with Gasteiger partial charge >= 0.3 is 11.9 Å². The molecule has 248 valence electrons. The van der Waals surface area contributed by atoms with Gasteiger partial charge in [-0.15, -0.1) is 0 Å². The molecule has 0 aliphatic heterocycles. The minimum atomic E-state index is -1.54. The first kappa shape index (κ1) is 36.2. The maximum Gasteiger partial charge on any atom is 0.324 e. The monoisotopic (exact) mass is 620 g/mol. The Kier molecular flexibility index (Phi) is 15.5. The van der Waals surface area contributed by atoms with Gasteiger partial charge in [0.15, 0.2) is 5.41 Å². The quantitative estimate of drug-likeness (QED) is 0.0800. The fraction of sp³-hybridized carbons (Fsp3) is 0.590. The highest BCUT2D eigenvalue weighted by Gasteiger charge is 2.62. The lowest BCUT2D eigenvalue weighted by Crippen LogP contribution is -2.46. The molecule has 1 aromatic heterocycles. The maximum absolute atomic E-state index is 13.3. The molecule has 6 nitrogen and oxygen atoms in total. The second-order valence-electron chi connectivity index (χ2n) is 12.1. The molecule has 1 heterocycles. The lowest BCUT2D eigenvalue weighted by molar-refractivity contribution is -0.172. The van der Waals surface area contributed by atoms with Crippen LogP contribution in [0.3, 0.4) is 0 Å². The van der Waals surface area contributed by atoms with E-state index in [1.54, 1.807) is 21.0 Å². The van der Waals surface area contributed by atoms with Gasteiger partial charge in [0.05, 0.1) is 20.3 Å². The number of rotatable bonds is 18. The molecule has 0 bridgehead atoms. The van der Waals surface area contributed by atoms with Gasteiger partial charge in [-0.2, -0.15) is 0 Å². The summed E-state index contributed by atoms with van der Waals surface area (Å²) in [4.78, 5) is 26.6. The zero-order valence-corrected chi connectivity index (χ0v) is 28.5. The first-order chi connectivity index (χ1) is 22.0. The van der Waals surface area contributed by atoms with Crippen LogP contribution in [-0.4, -0.2) is 32.3 Å². The molecule has 0 amide bonds. The smallest absolute Gasteiger partial charge is 0.324 e. The van der Waals surface area contributed by atoms with Crippen LogP contribution in [0.15, 0.2) is 52.9 Å². The Labute approximate surface area is 271 Å². The molecule has 45 heavy (non-hydrogen) atoms. The SMILES string of the molecule is CCCCCCCCCCCCCCC.CCOC(=O)C1(C(=O)OCC)Cc2oc3ccc(OC)cc3c2C1c1ccccc1. The third kappa shape index (κ3) is 9.37. The fourth-order valence-corrected chi connectivity index (χ4v) is 6.49. The molecule has 4 rings (SSSR count). The number of furan rings is 1. The van der Waals surface area contributed by atoms with E-state index in [2.05, 4.69) is 13.8 Å². The Morgan fingerprint density at radius 2 is 1.24 bits per heavy atom. The van der Waals surface area contributed by atoms with Crippen molar-refractivity contribution in [3.63, 3.8) is 0 Å². The molecule has 0 fully saturated rings. The van der Waals surface area contributed by atoms with E-state index in [1.165, 1.54) is 83.5 Å². The van der Waals surface area contributed by atoms with Gasteiger partial charge in [0.25, 0.3) is 0 Å². The number of benzene rings is 2. The van der Waals surface area contributed by atoms with Gasteiger partial charge in [-0.1, -0.05) is 128 Å². The first-order valence-electron chi connectivity index (χ1n) is 17.5. The number of carbonyl (C=O) groups excluding carboxylic acids is 2. The van der Waals surface area contributed by atoms with Gasteiger partial charge in [-0.3, -0.25) is 9.59 Å². The van der Waals surface area contributed by atoms with Crippen molar-refractivity contribution in [2.45, 2.75) is 124 Å². The number of carbonyl (C=O) groups is 2. The van der Waals surface area contributed by atoms with Gasteiger partial charge in [-0.05, 0) is 37.6 Å². The number of ether oxygens (including phenoxy) is 3. The van der Waals surface area contributed by atoms with E-state index in [-0.39, 0.29) is 19.6 Å². The Hall–Kier alpha value is -3.28. The van der Waals surface area contributed by atoms with Crippen LogP contribution < -0.4 is 4.74 Å². The normalized spacial score (nSPS) is 14.8. The third-order valence-electron chi connectivity index (χ3n) is 8.85. The molecule has 1 atom stereocenters. The lowest BCUT2D eigenvalue weighted by atomic mass is 9.72. The molecular formula is C39H56O6. The molecule has 6 heteroatoms. The Morgan fingerprint density at radius 3 is 1.71 bits per heavy atom. The average Bonchev–Trinajstić information content (AvgIpc) is 3.58. The molecular weight excluding hydrogens is 564 g/mol. The minimum absolute atomic E-state index is 0.0799. The second kappa shape index (κ2) is 19.3. The van der Waals surface area contributed by atoms with E-state index in [0.29, 0.717) is 17.1 Å². The molecule has 1 unspecified atom stereocenters. The third-order valence-corrected chi connectivity index (χ3v) is 8.85. The Morgan fingerprint density at radius 1 is 0.733 bits per heavy atom. The van der Waals surface area contributed by atoms with Crippen molar-refractivity contribution < 1.29 is 28.2 Å². The number of hydrogen-bond donors (Lipinski definition) is 0. The molecule has 1 aliphatic carbocycles. The molecule has 0 saturated carbocycles. The summed E-state index contributed by atoms with van der Waals surface area (Å²) >= 11 is 0. The van der Waals surface area contributed by atoms with E-state index >= 15 is 0 Å². The van der Waals surface area contributed by atoms with Crippen molar-refractivity contribution >= 4 is 22.9 Å². The van der Waals surface area contributed by atoms with Gasteiger partial charge in [0.2, 0.25) is 0 Å². The van der Waals surface area contributed by atoms with Gasteiger partial charge in [0, 0.05) is 23.3 Å². The van der Waals surface area contributed by atoms with Crippen molar-refractivity contribution in [1.82, 2.24) is 0 Å².